The van der Waals surface area contributed by atoms with Crippen LogP contribution in [0.5, 0.6) is 0 Å². The van der Waals surface area contributed by atoms with Crippen LogP contribution >= 0.6 is 11.3 Å². The molecular formula is C21H23F3N8O2S. The number of carboxylic acids is 1. The first-order valence-corrected chi connectivity index (χ1v) is 11.5. The molecule has 0 aliphatic carbocycles. The third kappa shape index (κ3) is 5.59. The summed E-state index contributed by atoms with van der Waals surface area (Å²) in [6.07, 6.45) is 4.52. The molecule has 1 saturated heterocycles. The zero-order chi connectivity index (χ0) is 25.2. The molecular weight excluding hydrogens is 485 g/mol. The lowest BCUT2D eigenvalue weighted by Crippen LogP contribution is -2.46. The van der Waals surface area contributed by atoms with Gasteiger partial charge in [0.1, 0.15) is 0 Å². The second-order valence-electron chi connectivity index (χ2n) is 7.92. The molecule has 5 heterocycles. The van der Waals surface area contributed by atoms with Gasteiger partial charge in [0.25, 0.3) is 0 Å². The van der Waals surface area contributed by atoms with Crippen LogP contribution in [-0.2, 0) is 18.4 Å². The first kappa shape index (κ1) is 24.6. The van der Waals surface area contributed by atoms with Crippen molar-refractivity contribution in [2.24, 2.45) is 7.05 Å². The lowest BCUT2D eigenvalue weighted by Gasteiger charge is -2.35. The van der Waals surface area contributed by atoms with Crippen LogP contribution in [0.4, 0.5) is 19.0 Å². The van der Waals surface area contributed by atoms with E-state index in [1.165, 1.54) is 4.88 Å². The fourth-order valence-electron chi connectivity index (χ4n) is 3.69. The molecule has 1 aliphatic rings. The topological polar surface area (TPSA) is 105 Å². The van der Waals surface area contributed by atoms with Crippen molar-refractivity contribution in [3.8, 4) is 11.3 Å². The zero-order valence-corrected chi connectivity index (χ0v) is 19.8. The van der Waals surface area contributed by atoms with Crippen LogP contribution in [0.25, 0.3) is 16.9 Å². The van der Waals surface area contributed by atoms with E-state index < -0.39 is 12.1 Å². The predicted molar refractivity (Wildman–Crippen MR) is 123 cm³/mol. The summed E-state index contributed by atoms with van der Waals surface area (Å²) in [5.74, 6) is -1.81. The van der Waals surface area contributed by atoms with Crippen LogP contribution in [-0.4, -0.2) is 77.5 Å². The van der Waals surface area contributed by atoms with Crippen LogP contribution < -0.4 is 4.90 Å². The average molecular weight is 509 g/mol. The van der Waals surface area contributed by atoms with Gasteiger partial charge in [0, 0.05) is 68.8 Å². The van der Waals surface area contributed by atoms with Crippen LogP contribution in [0.1, 0.15) is 10.6 Å². The molecule has 35 heavy (non-hydrogen) atoms. The zero-order valence-electron chi connectivity index (χ0n) is 19.0. The Morgan fingerprint density at radius 3 is 2.43 bits per heavy atom. The van der Waals surface area contributed by atoms with Gasteiger partial charge < -0.3 is 10.0 Å². The number of aryl methyl sites for hydroxylation is 2. The summed E-state index contributed by atoms with van der Waals surface area (Å²) in [5, 5.41) is 11.4. The summed E-state index contributed by atoms with van der Waals surface area (Å²) in [6.45, 7) is 6.98. The molecule has 186 valence electrons. The Balaban J connectivity index is 0.000000364. The predicted octanol–water partition coefficient (Wildman–Crippen LogP) is 2.85. The number of aromatic nitrogens is 6. The number of aliphatic carboxylic acids is 1. The fraction of sp³-hybridized carbons (Fsp3) is 0.381. The summed E-state index contributed by atoms with van der Waals surface area (Å²) in [5.41, 5.74) is 6.07. The third-order valence-corrected chi connectivity index (χ3v) is 6.46. The van der Waals surface area contributed by atoms with E-state index in [9.17, 15) is 13.2 Å². The second-order valence-corrected chi connectivity index (χ2v) is 8.86. The van der Waals surface area contributed by atoms with Gasteiger partial charge in [-0.1, -0.05) is 0 Å². The Labute approximate surface area is 202 Å². The highest BCUT2D eigenvalue weighted by atomic mass is 32.1. The number of alkyl halides is 3. The number of anilines is 1. The van der Waals surface area contributed by atoms with Crippen LogP contribution in [0.3, 0.4) is 0 Å². The molecule has 0 amide bonds. The van der Waals surface area contributed by atoms with Gasteiger partial charge in [0.15, 0.2) is 11.5 Å². The van der Waals surface area contributed by atoms with Crippen LogP contribution in [0, 0.1) is 6.92 Å². The number of nitrogens with zero attached hydrogens (tertiary/aromatic N) is 8. The molecule has 4 aromatic rings. The number of halogens is 3. The van der Waals surface area contributed by atoms with Gasteiger partial charge in [-0.2, -0.15) is 18.3 Å². The van der Waals surface area contributed by atoms with Crippen molar-refractivity contribution in [2.75, 3.05) is 31.1 Å². The largest absolute Gasteiger partial charge is 0.490 e. The summed E-state index contributed by atoms with van der Waals surface area (Å²) in [7, 11) is 1.92. The Kier molecular flexibility index (Phi) is 7.03. The molecule has 10 nitrogen and oxygen atoms in total. The minimum absolute atomic E-state index is 0.896. The van der Waals surface area contributed by atoms with Crippen molar-refractivity contribution in [1.82, 2.24) is 34.0 Å². The lowest BCUT2D eigenvalue weighted by molar-refractivity contribution is -0.192. The molecule has 0 atom stereocenters. The van der Waals surface area contributed by atoms with E-state index in [0.29, 0.717) is 0 Å². The molecule has 0 unspecified atom stereocenters. The van der Waals surface area contributed by atoms with Gasteiger partial charge >= 0.3 is 12.1 Å². The molecule has 14 heteroatoms. The molecule has 0 bridgehead atoms. The maximum atomic E-state index is 10.6. The molecule has 0 saturated carbocycles. The van der Waals surface area contributed by atoms with Crippen molar-refractivity contribution in [1.29, 1.82) is 0 Å². The molecule has 0 aromatic carbocycles. The first-order chi connectivity index (χ1) is 16.6. The molecule has 4 aromatic heterocycles. The van der Waals surface area contributed by atoms with Gasteiger partial charge in [0.05, 0.1) is 29.3 Å². The Bertz CT molecular complexity index is 1310. The van der Waals surface area contributed by atoms with E-state index in [1.54, 1.807) is 16.0 Å². The maximum absolute atomic E-state index is 10.6. The van der Waals surface area contributed by atoms with E-state index in [1.807, 2.05) is 43.5 Å². The number of carboxylic acid groups (broad SMARTS) is 1. The normalized spacial score (nSPS) is 14.7. The number of thiazole rings is 1. The number of hydrogen-bond donors (Lipinski definition) is 1. The monoisotopic (exact) mass is 508 g/mol. The Morgan fingerprint density at radius 1 is 1.14 bits per heavy atom. The summed E-state index contributed by atoms with van der Waals surface area (Å²) in [4.78, 5) is 28.8. The van der Waals surface area contributed by atoms with E-state index >= 15 is 0 Å². The minimum atomic E-state index is -5.08. The van der Waals surface area contributed by atoms with Crippen molar-refractivity contribution < 1.29 is 23.1 Å². The molecule has 0 radical (unpaired) electrons. The fourth-order valence-corrected chi connectivity index (χ4v) is 4.51. The van der Waals surface area contributed by atoms with Crippen molar-refractivity contribution in [3.63, 3.8) is 0 Å². The van der Waals surface area contributed by atoms with Gasteiger partial charge in [-0.25, -0.2) is 19.7 Å². The number of hydrogen-bond acceptors (Lipinski definition) is 8. The molecule has 1 N–H and O–H groups in total. The molecule has 0 spiro atoms. The van der Waals surface area contributed by atoms with Crippen LogP contribution in [0.15, 0.2) is 36.5 Å². The molecule has 5 rings (SSSR count). The van der Waals surface area contributed by atoms with Gasteiger partial charge in [0.2, 0.25) is 0 Å². The van der Waals surface area contributed by atoms with Crippen molar-refractivity contribution in [3.05, 3.63) is 47.1 Å². The van der Waals surface area contributed by atoms with E-state index in [0.717, 1.165) is 61.1 Å². The average Bonchev–Trinajstić information content (AvgIpc) is 3.54. The van der Waals surface area contributed by atoms with Crippen molar-refractivity contribution >= 4 is 28.8 Å². The minimum Gasteiger partial charge on any atom is -0.475 e. The van der Waals surface area contributed by atoms with E-state index in [-0.39, 0.29) is 0 Å². The van der Waals surface area contributed by atoms with Gasteiger partial charge in [-0.3, -0.25) is 14.0 Å². The van der Waals surface area contributed by atoms with E-state index in [4.69, 9.17) is 9.90 Å². The van der Waals surface area contributed by atoms with E-state index in [2.05, 4.69) is 41.2 Å². The first-order valence-electron chi connectivity index (χ1n) is 10.6. The van der Waals surface area contributed by atoms with Crippen LogP contribution in [0.2, 0.25) is 0 Å². The highest BCUT2D eigenvalue weighted by Crippen LogP contribution is 2.26. The molecule has 1 aliphatic heterocycles. The summed E-state index contributed by atoms with van der Waals surface area (Å²) in [6, 6.07) is 0. The standard InChI is InChI=1S/C19H22N8S.C2HF3O2/c1-14-17(28-13-22-14)12-25-5-7-26(8-6-25)18-19-21-10-16(27(19)4-3-20-18)15-9-23-24(2)11-15;3-2(4,5)1(6)7/h3-4,9-11,13H,5-8,12H2,1-2H3;(H,6,7). The number of fused-ring (bicyclic) bond motifs is 1. The van der Waals surface area contributed by atoms with Gasteiger partial charge in [-0.05, 0) is 6.92 Å². The number of carbonyl (C=O) groups is 1. The Morgan fingerprint density at radius 2 is 1.86 bits per heavy atom. The maximum Gasteiger partial charge on any atom is 0.490 e. The number of piperazine rings is 1. The summed E-state index contributed by atoms with van der Waals surface area (Å²) < 4.78 is 35.6. The highest BCUT2D eigenvalue weighted by Gasteiger charge is 2.38. The smallest absolute Gasteiger partial charge is 0.475 e. The third-order valence-electron chi connectivity index (χ3n) is 5.54. The number of rotatable bonds is 4. The second kappa shape index (κ2) is 10.00. The van der Waals surface area contributed by atoms with Crippen molar-refractivity contribution in [2.45, 2.75) is 19.6 Å². The highest BCUT2D eigenvalue weighted by molar-refractivity contribution is 7.09. The lowest BCUT2D eigenvalue weighted by atomic mass is 10.2. The molecule has 1 fully saturated rings. The Hall–Kier alpha value is -3.52. The quantitative estimate of drug-likeness (QED) is 0.449. The number of imidazole rings is 1. The SMILES string of the molecule is Cc1ncsc1CN1CCN(c2nccn3c(-c4cnn(C)c4)cnc23)CC1.O=C(O)C(F)(F)F. The van der Waals surface area contributed by atoms with Gasteiger partial charge in [-0.15, -0.1) is 11.3 Å². The summed E-state index contributed by atoms with van der Waals surface area (Å²) >= 11 is 1.75.